The molecular formula is C14H25NO2. The van der Waals surface area contributed by atoms with Gasteiger partial charge in [-0.15, -0.1) is 0 Å². The van der Waals surface area contributed by atoms with Gasteiger partial charge in [-0.2, -0.15) is 0 Å². The van der Waals surface area contributed by atoms with E-state index in [1.54, 1.807) is 6.26 Å². The van der Waals surface area contributed by atoms with E-state index in [9.17, 15) is 0 Å². The van der Waals surface area contributed by atoms with Crippen molar-refractivity contribution in [3.05, 3.63) is 23.7 Å². The lowest BCUT2D eigenvalue weighted by atomic mass is 9.93. The Morgan fingerprint density at radius 2 is 2.12 bits per heavy atom. The second kappa shape index (κ2) is 6.82. The van der Waals surface area contributed by atoms with E-state index < -0.39 is 0 Å². The Bertz CT molecular complexity index is 312. The first-order chi connectivity index (χ1) is 8.03. The van der Waals surface area contributed by atoms with E-state index in [-0.39, 0.29) is 0 Å². The topological polar surface area (TPSA) is 34.4 Å². The Morgan fingerprint density at radius 1 is 1.35 bits per heavy atom. The van der Waals surface area contributed by atoms with Crippen LogP contribution in [-0.2, 0) is 17.9 Å². The van der Waals surface area contributed by atoms with Crippen molar-refractivity contribution in [1.29, 1.82) is 0 Å². The van der Waals surface area contributed by atoms with Gasteiger partial charge in [0, 0.05) is 12.2 Å². The molecule has 0 unspecified atom stereocenters. The molecule has 0 aliphatic carbocycles. The van der Waals surface area contributed by atoms with E-state index in [0.717, 1.165) is 37.4 Å². The summed E-state index contributed by atoms with van der Waals surface area (Å²) in [5.41, 5.74) is 1.49. The van der Waals surface area contributed by atoms with E-state index in [1.807, 2.05) is 6.07 Å². The van der Waals surface area contributed by atoms with Crippen molar-refractivity contribution < 1.29 is 9.15 Å². The summed E-state index contributed by atoms with van der Waals surface area (Å²) in [6, 6.07) is 1.99. The van der Waals surface area contributed by atoms with Crippen molar-refractivity contribution in [2.24, 2.45) is 5.41 Å². The zero-order chi connectivity index (χ0) is 12.7. The number of hydrogen-bond acceptors (Lipinski definition) is 3. The highest BCUT2D eigenvalue weighted by molar-refractivity contribution is 5.15. The Labute approximate surface area is 105 Å². The van der Waals surface area contributed by atoms with Gasteiger partial charge in [0.1, 0.15) is 5.76 Å². The molecule has 0 saturated carbocycles. The standard InChI is InChI=1S/C14H25NO2/c1-5-15-10-13-12(6-8-17-13)11-16-9-7-14(2,3)4/h6,8,15H,5,7,9-11H2,1-4H3. The van der Waals surface area contributed by atoms with Crippen molar-refractivity contribution in [2.45, 2.75) is 47.3 Å². The van der Waals surface area contributed by atoms with Gasteiger partial charge in [0.05, 0.1) is 19.4 Å². The highest BCUT2D eigenvalue weighted by Gasteiger charge is 2.10. The Kier molecular flexibility index (Phi) is 5.72. The third kappa shape index (κ3) is 5.89. The van der Waals surface area contributed by atoms with Gasteiger partial charge in [-0.1, -0.05) is 27.7 Å². The minimum Gasteiger partial charge on any atom is -0.468 e. The van der Waals surface area contributed by atoms with Gasteiger partial charge in [0.25, 0.3) is 0 Å². The minimum atomic E-state index is 0.336. The van der Waals surface area contributed by atoms with Gasteiger partial charge in [-0.3, -0.25) is 0 Å². The predicted molar refractivity (Wildman–Crippen MR) is 69.8 cm³/mol. The van der Waals surface area contributed by atoms with E-state index >= 15 is 0 Å². The average molecular weight is 239 g/mol. The maximum atomic E-state index is 5.69. The summed E-state index contributed by atoms with van der Waals surface area (Å²) in [5, 5.41) is 3.26. The van der Waals surface area contributed by atoms with Crippen LogP contribution in [0.25, 0.3) is 0 Å². The predicted octanol–water partition coefficient (Wildman–Crippen LogP) is 3.34. The molecule has 17 heavy (non-hydrogen) atoms. The molecule has 0 aromatic carbocycles. The molecule has 0 aliphatic rings. The minimum absolute atomic E-state index is 0.336. The van der Waals surface area contributed by atoms with Gasteiger partial charge in [0.2, 0.25) is 0 Å². The molecule has 0 aliphatic heterocycles. The van der Waals surface area contributed by atoms with Crippen LogP contribution >= 0.6 is 0 Å². The Balaban J connectivity index is 2.29. The summed E-state index contributed by atoms with van der Waals surface area (Å²) in [6.07, 6.45) is 2.81. The summed E-state index contributed by atoms with van der Waals surface area (Å²) in [7, 11) is 0. The fraction of sp³-hybridized carbons (Fsp3) is 0.714. The lowest BCUT2D eigenvalue weighted by Crippen LogP contribution is -2.13. The van der Waals surface area contributed by atoms with Gasteiger partial charge >= 0.3 is 0 Å². The van der Waals surface area contributed by atoms with Crippen LogP contribution < -0.4 is 5.32 Å². The molecule has 3 heteroatoms. The average Bonchev–Trinajstić information content (AvgIpc) is 2.67. The molecule has 1 heterocycles. The molecular weight excluding hydrogens is 214 g/mol. The number of ether oxygens (including phenoxy) is 1. The Hall–Kier alpha value is -0.800. The summed E-state index contributed by atoms with van der Waals surface area (Å²) in [5.74, 6) is 0.989. The molecule has 0 spiro atoms. The number of nitrogens with one attached hydrogen (secondary N) is 1. The number of hydrogen-bond donors (Lipinski definition) is 1. The SMILES string of the molecule is CCNCc1occc1COCCC(C)(C)C. The normalized spacial score (nSPS) is 12.0. The van der Waals surface area contributed by atoms with Crippen molar-refractivity contribution in [3.8, 4) is 0 Å². The van der Waals surface area contributed by atoms with Crippen LogP contribution in [0.4, 0.5) is 0 Å². The second-order valence-electron chi connectivity index (χ2n) is 5.51. The smallest absolute Gasteiger partial charge is 0.123 e. The summed E-state index contributed by atoms with van der Waals surface area (Å²) in [4.78, 5) is 0. The second-order valence-corrected chi connectivity index (χ2v) is 5.51. The molecule has 0 bridgehead atoms. The largest absolute Gasteiger partial charge is 0.468 e. The molecule has 0 saturated heterocycles. The van der Waals surface area contributed by atoms with E-state index in [1.165, 1.54) is 0 Å². The fourth-order valence-electron chi connectivity index (χ4n) is 1.45. The van der Waals surface area contributed by atoms with E-state index in [2.05, 4.69) is 33.0 Å². The first-order valence-corrected chi connectivity index (χ1v) is 6.36. The number of furan rings is 1. The fourth-order valence-corrected chi connectivity index (χ4v) is 1.45. The van der Waals surface area contributed by atoms with Crippen molar-refractivity contribution >= 4 is 0 Å². The molecule has 0 radical (unpaired) electrons. The monoisotopic (exact) mass is 239 g/mol. The molecule has 1 aromatic rings. The summed E-state index contributed by atoms with van der Waals surface area (Å²) in [6.45, 7) is 11.9. The van der Waals surface area contributed by atoms with E-state index in [4.69, 9.17) is 9.15 Å². The first kappa shape index (κ1) is 14.3. The zero-order valence-corrected chi connectivity index (χ0v) is 11.5. The summed E-state index contributed by atoms with van der Waals surface area (Å²) < 4.78 is 11.1. The van der Waals surface area contributed by atoms with Gasteiger partial charge in [-0.05, 0) is 24.4 Å². The molecule has 1 rings (SSSR count). The van der Waals surface area contributed by atoms with Crippen LogP contribution in [0.1, 0.15) is 45.4 Å². The maximum absolute atomic E-state index is 5.69. The third-order valence-corrected chi connectivity index (χ3v) is 2.63. The molecule has 0 fully saturated rings. The third-order valence-electron chi connectivity index (χ3n) is 2.63. The van der Waals surface area contributed by atoms with Gasteiger partial charge in [-0.25, -0.2) is 0 Å². The van der Waals surface area contributed by atoms with Crippen LogP contribution in [0.3, 0.4) is 0 Å². The first-order valence-electron chi connectivity index (χ1n) is 6.36. The molecule has 98 valence electrons. The lowest BCUT2D eigenvalue weighted by molar-refractivity contribution is 0.0951. The number of rotatable bonds is 7. The van der Waals surface area contributed by atoms with Crippen LogP contribution in [-0.4, -0.2) is 13.2 Å². The van der Waals surface area contributed by atoms with Gasteiger partial charge < -0.3 is 14.5 Å². The van der Waals surface area contributed by atoms with Crippen LogP contribution in [0, 0.1) is 5.41 Å². The molecule has 0 amide bonds. The van der Waals surface area contributed by atoms with Crippen LogP contribution in [0.15, 0.2) is 16.7 Å². The quantitative estimate of drug-likeness (QED) is 0.741. The molecule has 0 atom stereocenters. The highest BCUT2D eigenvalue weighted by atomic mass is 16.5. The Morgan fingerprint density at radius 3 is 2.76 bits per heavy atom. The lowest BCUT2D eigenvalue weighted by Gasteiger charge is -2.17. The maximum Gasteiger partial charge on any atom is 0.123 e. The summed E-state index contributed by atoms with van der Waals surface area (Å²) >= 11 is 0. The van der Waals surface area contributed by atoms with Crippen LogP contribution in [0.2, 0.25) is 0 Å². The van der Waals surface area contributed by atoms with Crippen molar-refractivity contribution in [1.82, 2.24) is 5.32 Å². The molecule has 1 N–H and O–H groups in total. The highest BCUT2D eigenvalue weighted by Crippen LogP contribution is 2.19. The van der Waals surface area contributed by atoms with Gasteiger partial charge in [0.15, 0.2) is 0 Å². The van der Waals surface area contributed by atoms with Crippen molar-refractivity contribution in [3.63, 3.8) is 0 Å². The van der Waals surface area contributed by atoms with E-state index in [0.29, 0.717) is 12.0 Å². The van der Waals surface area contributed by atoms with Crippen molar-refractivity contribution in [2.75, 3.05) is 13.2 Å². The molecule has 3 nitrogen and oxygen atoms in total. The zero-order valence-electron chi connectivity index (χ0n) is 11.5. The molecule has 1 aromatic heterocycles. The van der Waals surface area contributed by atoms with Crippen LogP contribution in [0.5, 0.6) is 0 Å².